The van der Waals surface area contributed by atoms with Crippen molar-refractivity contribution in [2.75, 3.05) is 10.2 Å². The van der Waals surface area contributed by atoms with Crippen molar-refractivity contribution in [3.63, 3.8) is 0 Å². The molecular weight excluding hydrogens is 384 g/mol. The van der Waals surface area contributed by atoms with E-state index >= 15 is 0 Å². The first-order chi connectivity index (χ1) is 15.1. The highest BCUT2D eigenvalue weighted by Crippen LogP contribution is 2.37. The third-order valence-corrected chi connectivity index (χ3v) is 5.56. The molecule has 1 aliphatic heterocycles. The molecule has 0 aromatic heterocycles. The minimum atomic E-state index is -0.358. The average Bonchev–Trinajstić information content (AvgIpc) is 3.04. The van der Waals surface area contributed by atoms with Crippen molar-refractivity contribution in [2.24, 2.45) is 0 Å². The van der Waals surface area contributed by atoms with E-state index < -0.39 is 0 Å². The number of nitrogens with one attached hydrogen (secondary N) is 1. The fraction of sp³-hybridized carbons (Fsp3) is 0.0370. The Morgan fingerprint density at radius 2 is 1.35 bits per heavy atom. The minimum absolute atomic E-state index is 0.290. The molecule has 0 unspecified atom stereocenters. The normalized spacial score (nSPS) is 13.9. The maximum Gasteiger partial charge on any atom is 0.282 e. The number of amides is 2. The molecule has 0 saturated carbocycles. The van der Waals surface area contributed by atoms with Gasteiger partial charge in [0.25, 0.3) is 11.8 Å². The first-order valence-electron chi connectivity index (χ1n) is 10.1. The van der Waals surface area contributed by atoms with E-state index in [1.165, 1.54) is 4.90 Å². The van der Waals surface area contributed by atoms with Crippen LogP contribution in [0.25, 0.3) is 16.3 Å². The van der Waals surface area contributed by atoms with Gasteiger partial charge in [0.05, 0.1) is 11.3 Å². The summed E-state index contributed by atoms with van der Waals surface area (Å²) in [5.74, 6) is -0.688. The third-order valence-electron chi connectivity index (χ3n) is 5.56. The first-order valence-corrected chi connectivity index (χ1v) is 10.1. The van der Waals surface area contributed by atoms with Crippen LogP contribution in [0, 0.1) is 6.92 Å². The number of benzene rings is 4. The molecule has 0 fully saturated rings. The summed E-state index contributed by atoms with van der Waals surface area (Å²) in [6.07, 6.45) is 0. The summed E-state index contributed by atoms with van der Waals surface area (Å²) in [7, 11) is 0. The fourth-order valence-corrected chi connectivity index (χ4v) is 3.99. The number of carbonyl (C=O) groups is 2. The third kappa shape index (κ3) is 3.19. The van der Waals surface area contributed by atoms with Gasteiger partial charge in [-0.25, -0.2) is 4.90 Å². The number of imide groups is 1. The van der Waals surface area contributed by atoms with Crippen LogP contribution in [0.1, 0.15) is 11.1 Å². The predicted octanol–water partition coefficient (Wildman–Crippen LogP) is 5.54. The number of fused-ring (bicyclic) bond motifs is 1. The zero-order chi connectivity index (χ0) is 21.4. The molecule has 150 valence electrons. The Morgan fingerprint density at radius 1 is 0.677 bits per heavy atom. The van der Waals surface area contributed by atoms with Crippen molar-refractivity contribution in [2.45, 2.75) is 6.92 Å². The molecule has 0 radical (unpaired) electrons. The lowest BCUT2D eigenvalue weighted by atomic mass is 10.0. The largest absolute Gasteiger partial charge is 0.350 e. The Hall–Kier alpha value is -4.18. The summed E-state index contributed by atoms with van der Waals surface area (Å²) in [6.45, 7) is 1.97. The van der Waals surface area contributed by atoms with E-state index in [-0.39, 0.29) is 11.8 Å². The highest BCUT2D eigenvalue weighted by Gasteiger charge is 2.40. The molecule has 1 aliphatic rings. The number of carbonyl (C=O) groups excluding carboxylic acids is 2. The van der Waals surface area contributed by atoms with Crippen LogP contribution >= 0.6 is 0 Å². The van der Waals surface area contributed by atoms with Crippen LogP contribution in [0.5, 0.6) is 0 Å². The van der Waals surface area contributed by atoms with E-state index in [0.717, 1.165) is 22.0 Å². The molecule has 0 aliphatic carbocycles. The van der Waals surface area contributed by atoms with E-state index in [9.17, 15) is 9.59 Å². The summed E-state index contributed by atoms with van der Waals surface area (Å²) in [4.78, 5) is 28.6. The molecule has 1 heterocycles. The SMILES string of the molecule is Cc1ccccc1NC1=C(c2ccccc2)C(=O)N(c2cccc3ccccc23)C1=O. The molecule has 31 heavy (non-hydrogen) atoms. The number of anilines is 2. The van der Waals surface area contributed by atoms with E-state index in [2.05, 4.69) is 5.32 Å². The van der Waals surface area contributed by atoms with Gasteiger partial charge in [0, 0.05) is 11.1 Å². The Labute approximate surface area is 180 Å². The molecule has 5 rings (SSSR count). The van der Waals surface area contributed by atoms with Crippen LogP contribution in [-0.4, -0.2) is 11.8 Å². The fourth-order valence-electron chi connectivity index (χ4n) is 3.99. The highest BCUT2D eigenvalue weighted by molar-refractivity contribution is 6.47. The molecule has 4 heteroatoms. The monoisotopic (exact) mass is 404 g/mol. The lowest BCUT2D eigenvalue weighted by Crippen LogP contribution is -2.32. The van der Waals surface area contributed by atoms with Gasteiger partial charge in [-0.2, -0.15) is 0 Å². The minimum Gasteiger partial charge on any atom is -0.350 e. The van der Waals surface area contributed by atoms with Crippen molar-refractivity contribution < 1.29 is 9.59 Å². The van der Waals surface area contributed by atoms with Crippen LogP contribution in [0.3, 0.4) is 0 Å². The summed E-state index contributed by atoms with van der Waals surface area (Å²) < 4.78 is 0. The molecular formula is C27H20N2O2. The second-order valence-corrected chi connectivity index (χ2v) is 7.50. The van der Waals surface area contributed by atoms with E-state index in [1.54, 1.807) is 0 Å². The summed E-state index contributed by atoms with van der Waals surface area (Å²) >= 11 is 0. The van der Waals surface area contributed by atoms with Gasteiger partial charge in [-0.1, -0.05) is 84.9 Å². The van der Waals surface area contributed by atoms with E-state index in [4.69, 9.17) is 0 Å². The zero-order valence-electron chi connectivity index (χ0n) is 17.0. The molecule has 4 nitrogen and oxygen atoms in total. The Morgan fingerprint density at radius 3 is 2.16 bits per heavy atom. The number of para-hydroxylation sites is 1. The second kappa shape index (κ2) is 7.58. The van der Waals surface area contributed by atoms with Gasteiger partial charge in [0.2, 0.25) is 0 Å². The van der Waals surface area contributed by atoms with Crippen molar-refractivity contribution in [3.05, 3.63) is 114 Å². The average molecular weight is 404 g/mol. The summed E-state index contributed by atoms with van der Waals surface area (Å²) in [5, 5.41) is 5.09. The molecule has 0 saturated heterocycles. The lowest BCUT2D eigenvalue weighted by Gasteiger charge is -2.18. The molecule has 4 aromatic rings. The lowest BCUT2D eigenvalue weighted by molar-refractivity contribution is -0.120. The van der Waals surface area contributed by atoms with Gasteiger partial charge in [-0.15, -0.1) is 0 Å². The Balaban J connectivity index is 1.68. The van der Waals surface area contributed by atoms with E-state index in [0.29, 0.717) is 22.5 Å². The standard InChI is InChI=1S/C27H20N2O2/c1-18-10-5-8-16-22(18)28-25-24(20-12-3-2-4-13-20)26(30)29(27(25)31)23-17-9-14-19-11-6-7-15-21(19)23/h2-17,28H,1H3. The van der Waals surface area contributed by atoms with Crippen molar-refractivity contribution in [3.8, 4) is 0 Å². The number of hydrogen-bond donors (Lipinski definition) is 1. The van der Waals surface area contributed by atoms with Crippen LogP contribution in [0.2, 0.25) is 0 Å². The van der Waals surface area contributed by atoms with E-state index in [1.807, 2.05) is 104 Å². The number of nitrogens with zero attached hydrogens (tertiary/aromatic N) is 1. The van der Waals surface area contributed by atoms with Crippen LogP contribution in [0.15, 0.2) is 103 Å². The quantitative estimate of drug-likeness (QED) is 0.454. The summed E-state index contributed by atoms with van der Waals surface area (Å²) in [5.41, 5.74) is 3.75. The van der Waals surface area contributed by atoms with Crippen molar-refractivity contribution >= 4 is 39.5 Å². The predicted molar refractivity (Wildman–Crippen MR) is 125 cm³/mol. The first kappa shape index (κ1) is 18.8. The molecule has 0 bridgehead atoms. The van der Waals surface area contributed by atoms with Gasteiger partial charge in [-0.05, 0) is 35.6 Å². The second-order valence-electron chi connectivity index (χ2n) is 7.50. The van der Waals surface area contributed by atoms with Crippen LogP contribution < -0.4 is 10.2 Å². The van der Waals surface area contributed by atoms with Gasteiger partial charge in [0.1, 0.15) is 5.70 Å². The molecule has 1 N–H and O–H groups in total. The van der Waals surface area contributed by atoms with Gasteiger partial charge in [0.15, 0.2) is 0 Å². The van der Waals surface area contributed by atoms with Crippen LogP contribution in [0.4, 0.5) is 11.4 Å². The smallest absolute Gasteiger partial charge is 0.282 e. The van der Waals surface area contributed by atoms with Gasteiger partial charge in [-0.3, -0.25) is 9.59 Å². The van der Waals surface area contributed by atoms with Crippen LogP contribution in [-0.2, 0) is 9.59 Å². The number of rotatable bonds is 4. The number of hydrogen-bond acceptors (Lipinski definition) is 3. The zero-order valence-corrected chi connectivity index (χ0v) is 17.0. The molecule has 0 spiro atoms. The maximum atomic E-state index is 13.7. The highest BCUT2D eigenvalue weighted by atomic mass is 16.2. The molecule has 4 aromatic carbocycles. The van der Waals surface area contributed by atoms with Gasteiger partial charge >= 0.3 is 0 Å². The Bertz CT molecular complexity index is 1350. The molecule has 2 amide bonds. The maximum absolute atomic E-state index is 13.7. The van der Waals surface area contributed by atoms with Gasteiger partial charge < -0.3 is 5.32 Å². The topological polar surface area (TPSA) is 49.4 Å². The van der Waals surface area contributed by atoms with Crippen molar-refractivity contribution in [1.82, 2.24) is 0 Å². The summed E-state index contributed by atoms with van der Waals surface area (Å²) in [6, 6.07) is 30.5. The number of aryl methyl sites for hydroxylation is 1. The molecule has 0 atom stereocenters. The Kier molecular flexibility index (Phi) is 4.60. The van der Waals surface area contributed by atoms with Crippen molar-refractivity contribution in [1.29, 1.82) is 0 Å².